The normalized spacial score (nSPS) is 17.9. The first-order valence-corrected chi connectivity index (χ1v) is 4.80. The first-order valence-electron chi connectivity index (χ1n) is 4.43. The van der Waals surface area contributed by atoms with Crippen molar-refractivity contribution in [3.05, 3.63) is 22.7 Å². The minimum Gasteiger partial charge on any atom is -0.504 e. The maximum absolute atomic E-state index is 9.45. The SMILES string of the molecule is COc1cc(C2(N)CC2)c(Cl)cc1O. The molecule has 1 fully saturated rings. The fourth-order valence-corrected chi connectivity index (χ4v) is 1.84. The van der Waals surface area contributed by atoms with E-state index in [9.17, 15) is 5.11 Å². The summed E-state index contributed by atoms with van der Waals surface area (Å²) in [6.07, 6.45) is 1.86. The van der Waals surface area contributed by atoms with E-state index in [1.165, 1.54) is 13.2 Å². The Balaban J connectivity index is 2.50. The van der Waals surface area contributed by atoms with Gasteiger partial charge in [0.1, 0.15) is 0 Å². The van der Waals surface area contributed by atoms with Crippen LogP contribution in [0.3, 0.4) is 0 Å². The molecule has 76 valence electrons. The molecule has 0 spiro atoms. The zero-order valence-electron chi connectivity index (χ0n) is 7.88. The molecule has 0 saturated heterocycles. The van der Waals surface area contributed by atoms with Crippen LogP contribution in [0, 0.1) is 0 Å². The lowest BCUT2D eigenvalue weighted by atomic mass is 10.1. The van der Waals surface area contributed by atoms with Gasteiger partial charge in [0, 0.05) is 16.6 Å². The highest BCUT2D eigenvalue weighted by atomic mass is 35.5. The summed E-state index contributed by atoms with van der Waals surface area (Å²) in [6.45, 7) is 0. The number of hydrogen-bond acceptors (Lipinski definition) is 3. The molecule has 0 radical (unpaired) electrons. The number of hydrogen-bond donors (Lipinski definition) is 2. The smallest absolute Gasteiger partial charge is 0.160 e. The number of benzene rings is 1. The number of phenolic OH excluding ortho intramolecular Hbond substituents is 1. The molecule has 0 aliphatic heterocycles. The number of nitrogens with two attached hydrogens (primary N) is 1. The summed E-state index contributed by atoms with van der Waals surface area (Å²) in [6, 6.07) is 3.19. The summed E-state index contributed by atoms with van der Waals surface area (Å²) in [5.41, 5.74) is 6.57. The van der Waals surface area contributed by atoms with Crippen molar-refractivity contribution < 1.29 is 9.84 Å². The van der Waals surface area contributed by atoms with Crippen molar-refractivity contribution in [1.82, 2.24) is 0 Å². The summed E-state index contributed by atoms with van der Waals surface area (Å²) < 4.78 is 5.00. The Bertz CT molecular complexity index is 375. The fourth-order valence-electron chi connectivity index (χ4n) is 1.49. The molecule has 14 heavy (non-hydrogen) atoms. The molecule has 0 aromatic heterocycles. The van der Waals surface area contributed by atoms with Crippen molar-refractivity contribution in [2.24, 2.45) is 5.73 Å². The molecule has 0 amide bonds. The van der Waals surface area contributed by atoms with E-state index in [1.807, 2.05) is 0 Å². The van der Waals surface area contributed by atoms with Gasteiger partial charge in [0.25, 0.3) is 0 Å². The first-order chi connectivity index (χ1) is 6.57. The highest BCUT2D eigenvalue weighted by Gasteiger charge is 2.42. The molecule has 1 aromatic carbocycles. The van der Waals surface area contributed by atoms with Gasteiger partial charge in [0.05, 0.1) is 7.11 Å². The second-order valence-electron chi connectivity index (χ2n) is 3.66. The van der Waals surface area contributed by atoms with Gasteiger partial charge in [0.15, 0.2) is 11.5 Å². The highest BCUT2D eigenvalue weighted by molar-refractivity contribution is 6.31. The van der Waals surface area contributed by atoms with Gasteiger partial charge in [-0.15, -0.1) is 0 Å². The lowest BCUT2D eigenvalue weighted by Gasteiger charge is -2.13. The molecular formula is C10H12ClNO2. The molecule has 1 saturated carbocycles. The van der Waals surface area contributed by atoms with Crippen molar-refractivity contribution in [1.29, 1.82) is 0 Å². The molecule has 1 aliphatic rings. The molecule has 0 atom stereocenters. The fraction of sp³-hybridized carbons (Fsp3) is 0.400. The highest BCUT2D eigenvalue weighted by Crippen LogP contribution is 2.48. The summed E-state index contributed by atoms with van der Waals surface area (Å²) in [5, 5.41) is 9.95. The van der Waals surface area contributed by atoms with Crippen molar-refractivity contribution in [2.45, 2.75) is 18.4 Å². The summed E-state index contributed by atoms with van der Waals surface area (Å²) >= 11 is 5.99. The molecule has 3 N–H and O–H groups in total. The van der Waals surface area contributed by atoms with E-state index in [0.29, 0.717) is 10.8 Å². The Morgan fingerprint density at radius 2 is 2.14 bits per heavy atom. The van der Waals surface area contributed by atoms with Crippen LogP contribution in [0.4, 0.5) is 0 Å². The molecule has 2 rings (SSSR count). The van der Waals surface area contributed by atoms with E-state index in [-0.39, 0.29) is 11.3 Å². The number of aromatic hydroxyl groups is 1. The minimum absolute atomic E-state index is 0.0468. The van der Waals surface area contributed by atoms with Gasteiger partial charge < -0.3 is 15.6 Å². The van der Waals surface area contributed by atoms with Crippen LogP contribution in [-0.2, 0) is 5.54 Å². The van der Waals surface area contributed by atoms with E-state index < -0.39 is 0 Å². The monoisotopic (exact) mass is 213 g/mol. The maximum atomic E-state index is 9.45. The quantitative estimate of drug-likeness (QED) is 0.790. The molecule has 0 heterocycles. The van der Waals surface area contributed by atoms with Gasteiger partial charge in [-0.25, -0.2) is 0 Å². The number of methoxy groups -OCH3 is 1. The van der Waals surface area contributed by atoms with Crippen LogP contribution in [0.25, 0.3) is 0 Å². The van der Waals surface area contributed by atoms with E-state index >= 15 is 0 Å². The van der Waals surface area contributed by atoms with Gasteiger partial charge >= 0.3 is 0 Å². The van der Waals surface area contributed by atoms with Crippen LogP contribution in [0.5, 0.6) is 11.5 Å². The molecule has 1 aromatic rings. The average molecular weight is 214 g/mol. The van der Waals surface area contributed by atoms with Gasteiger partial charge in [-0.05, 0) is 24.5 Å². The van der Waals surface area contributed by atoms with Gasteiger partial charge in [-0.2, -0.15) is 0 Å². The van der Waals surface area contributed by atoms with Crippen molar-refractivity contribution in [3.63, 3.8) is 0 Å². The Kier molecular flexibility index (Phi) is 2.09. The molecule has 1 aliphatic carbocycles. The number of halogens is 1. The van der Waals surface area contributed by atoms with E-state index in [0.717, 1.165) is 18.4 Å². The van der Waals surface area contributed by atoms with Crippen LogP contribution in [0.2, 0.25) is 5.02 Å². The summed E-state index contributed by atoms with van der Waals surface area (Å²) in [4.78, 5) is 0. The zero-order valence-corrected chi connectivity index (χ0v) is 8.64. The van der Waals surface area contributed by atoms with Gasteiger partial charge in [-0.1, -0.05) is 11.6 Å². The second kappa shape index (κ2) is 3.04. The van der Waals surface area contributed by atoms with E-state index in [2.05, 4.69) is 0 Å². The predicted molar refractivity (Wildman–Crippen MR) is 54.8 cm³/mol. The Labute approximate surface area is 87.4 Å². The second-order valence-corrected chi connectivity index (χ2v) is 4.07. The third-order valence-corrected chi connectivity index (χ3v) is 2.91. The standard InChI is InChI=1S/C10H12ClNO2/c1-14-9-4-6(10(12)2-3-10)7(11)5-8(9)13/h4-5,13H,2-3,12H2,1H3. The maximum Gasteiger partial charge on any atom is 0.160 e. The topological polar surface area (TPSA) is 55.5 Å². The molecule has 3 nitrogen and oxygen atoms in total. The largest absolute Gasteiger partial charge is 0.504 e. The van der Waals surface area contributed by atoms with Gasteiger partial charge in [-0.3, -0.25) is 0 Å². The minimum atomic E-state index is -0.307. The average Bonchev–Trinajstić information content (AvgIpc) is 2.85. The summed E-state index contributed by atoms with van der Waals surface area (Å²) in [5.74, 6) is 0.464. The van der Waals surface area contributed by atoms with Gasteiger partial charge in [0.2, 0.25) is 0 Å². The number of phenols is 1. The Morgan fingerprint density at radius 1 is 1.50 bits per heavy atom. The van der Waals surface area contributed by atoms with Crippen LogP contribution in [0.1, 0.15) is 18.4 Å². The van der Waals surface area contributed by atoms with Crippen molar-refractivity contribution in [3.8, 4) is 11.5 Å². The molecule has 0 bridgehead atoms. The predicted octanol–water partition coefficient (Wildman–Crippen LogP) is 2.00. The van der Waals surface area contributed by atoms with E-state index in [1.54, 1.807) is 6.07 Å². The van der Waals surface area contributed by atoms with Crippen LogP contribution in [0.15, 0.2) is 12.1 Å². The number of ether oxygens (including phenoxy) is 1. The van der Waals surface area contributed by atoms with Crippen LogP contribution >= 0.6 is 11.6 Å². The van der Waals surface area contributed by atoms with Crippen LogP contribution in [-0.4, -0.2) is 12.2 Å². The zero-order chi connectivity index (χ0) is 10.3. The Morgan fingerprint density at radius 3 is 2.64 bits per heavy atom. The molecular weight excluding hydrogens is 202 g/mol. The van der Waals surface area contributed by atoms with Crippen molar-refractivity contribution in [2.75, 3.05) is 7.11 Å². The van der Waals surface area contributed by atoms with Crippen LogP contribution < -0.4 is 10.5 Å². The third kappa shape index (κ3) is 1.42. The lowest BCUT2D eigenvalue weighted by molar-refractivity contribution is 0.372. The van der Waals surface area contributed by atoms with E-state index in [4.69, 9.17) is 22.1 Å². The van der Waals surface area contributed by atoms with Crippen molar-refractivity contribution >= 4 is 11.6 Å². The molecule has 4 heteroatoms. The molecule has 0 unspecified atom stereocenters. The third-order valence-electron chi connectivity index (χ3n) is 2.59. The first kappa shape index (κ1) is 9.62. The summed E-state index contributed by atoms with van der Waals surface area (Å²) in [7, 11) is 1.50. The lowest BCUT2D eigenvalue weighted by Crippen LogP contribution is -2.19. The number of rotatable bonds is 2. The Hall–Kier alpha value is -0.930.